The highest BCUT2D eigenvalue weighted by Gasteiger charge is 2.36. The number of nitrogens with zero attached hydrogens (tertiary/aromatic N) is 2. The molecule has 0 aliphatic carbocycles. The van der Waals surface area contributed by atoms with Crippen LogP contribution < -0.4 is 0 Å². The fourth-order valence-electron chi connectivity index (χ4n) is 7.50. The van der Waals surface area contributed by atoms with E-state index in [-0.39, 0.29) is 92.4 Å². The molecule has 0 unspecified atom stereocenters. The van der Waals surface area contributed by atoms with Crippen LogP contribution >= 0.6 is 0 Å². The number of benzene rings is 5. The first-order chi connectivity index (χ1) is 28.8. The van der Waals surface area contributed by atoms with Gasteiger partial charge in [-0.25, -0.2) is 0 Å². The molecule has 0 aromatic heterocycles. The molecule has 2 aliphatic rings. The monoisotopic (exact) mass is 870 g/mol. The predicted molar refractivity (Wildman–Crippen MR) is 216 cm³/mol. The molecule has 5 aromatic carbocycles. The Morgan fingerprint density at radius 2 is 0.617 bits per heavy atom. The van der Waals surface area contributed by atoms with Crippen molar-refractivity contribution in [3.63, 3.8) is 0 Å². The van der Waals surface area contributed by atoms with Crippen molar-refractivity contribution in [2.75, 3.05) is 104 Å². The van der Waals surface area contributed by atoms with Crippen LogP contribution in [0.3, 0.4) is 0 Å². The fraction of sp³-hybridized carbons (Fsp3) is 0.400. The van der Waals surface area contributed by atoms with Gasteiger partial charge in [0.05, 0.1) is 104 Å². The maximum absolute atomic E-state index is 13.8. The Balaban J connectivity index is 0.991. The summed E-state index contributed by atoms with van der Waals surface area (Å²) in [4.78, 5) is 57.6. The molecule has 2 aliphatic heterocycles. The van der Waals surface area contributed by atoms with Crippen LogP contribution in [0.25, 0.3) is 43.1 Å². The van der Waals surface area contributed by atoms with Crippen LogP contribution in [0.4, 0.5) is 0 Å². The van der Waals surface area contributed by atoms with Crippen LogP contribution in [0.5, 0.6) is 0 Å². The van der Waals surface area contributed by atoms with Gasteiger partial charge in [0, 0.05) is 33.0 Å². The van der Waals surface area contributed by atoms with Crippen LogP contribution in [-0.2, 0) is 48.7 Å². The fourth-order valence-corrected chi connectivity index (χ4v) is 8.15. The van der Waals surface area contributed by atoms with E-state index in [1.807, 2.05) is 24.3 Å². The first-order valence-corrected chi connectivity index (χ1v) is 22.3. The first-order valence-electron chi connectivity index (χ1n) is 19.1. The van der Waals surface area contributed by atoms with Crippen molar-refractivity contribution in [1.29, 1.82) is 0 Å². The summed E-state index contributed by atoms with van der Waals surface area (Å²) in [6.45, 7) is 1.25. The van der Waals surface area contributed by atoms with Gasteiger partial charge in [-0.3, -0.25) is 38.1 Å². The lowest BCUT2D eigenvalue weighted by atomic mass is 9.82. The highest BCUT2D eigenvalue weighted by molar-refractivity contribution is 7.86. The number of imide groups is 2. The van der Waals surface area contributed by atoms with Crippen molar-refractivity contribution >= 4 is 87.0 Å². The van der Waals surface area contributed by atoms with E-state index in [1.54, 1.807) is 24.3 Å². The molecule has 320 valence electrons. The van der Waals surface area contributed by atoms with Gasteiger partial charge in [-0.05, 0) is 56.6 Å². The summed E-state index contributed by atoms with van der Waals surface area (Å²) in [7, 11) is -8.17. The predicted octanol–water partition coefficient (Wildman–Crippen LogP) is 2.80. The Hall–Kier alpha value is -4.74. The maximum atomic E-state index is 13.8. The number of amides is 4. The van der Waals surface area contributed by atoms with Crippen LogP contribution in [0.15, 0.2) is 48.5 Å². The van der Waals surface area contributed by atoms with Crippen LogP contribution in [0.1, 0.15) is 41.4 Å². The van der Waals surface area contributed by atoms with Crippen LogP contribution in [-0.4, -0.2) is 163 Å². The zero-order chi connectivity index (χ0) is 42.6. The Labute approximate surface area is 344 Å². The third-order valence-corrected chi connectivity index (χ3v) is 11.5. The van der Waals surface area contributed by atoms with Crippen LogP contribution in [0, 0.1) is 0 Å². The quantitative estimate of drug-likeness (QED) is 0.0298. The van der Waals surface area contributed by atoms with Gasteiger partial charge in [-0.2, -0.15) is 16.8 Å². The van der Waals surface area contributed by atoms with E-state index in [0.29, 0.717) is 33.0 Å². The normalized spacial score (nSPS) is 14.6. The lowest BCUT2D eigenvalue weighted by Crippen LogP contribution is -2.42. The van der Waals surface area contributed by atoms with Crippen molar-refractivity contribution in [3.05, 3.63) is 70.8 Å². The lowest BCUT2D eigenvalue weighted by molar-refractivity contribution is 0.0128. The summed E-state index contributed by atoms with van der Waals surface area (Å²) in [6, 6.07) is 14.1. The van der Waals surface area contributed by atoms with E-state index in [9.17, 15) is 36.0 Å². The van der Waals surface area contributed by atoms with Gasteiger partial charge in [-0.15, -0.1) is 0 Å². The molecule has 0 fully saturated rings. The van der Waals surface area contributed by atoms with Crippen molar-refractivity contribution in [3.8, 4) is 0 Å². The van der Waals surface area contributed by atoms with Crippen molar-refractivity contribution in [1.82, 2.24) is 9.80 Å². The Morgan fingerprint density at radius 1 is 0.367 bits per heavy atom. The van der Waals surface area contributed by atoms with Crippen molar-refractivity contribution in [2.24, 2.45) is 0 Å². The van der Waals surface area contributed by atoms with E-state index in [2.05, 4.69) is 0 Å². The highest BCUT2D eigenvalue weighted by Crippen LogP contribution is 2.46. The number of carbonyl (C=O) groups excluding carboxylic acids is 4. The minimum Gasteiger partial charge on any atom is -0.378 e. The molecule has 5 aromatic rings. The second-order valence-electron chi connectivity index (χ2n) is 13.9. The van der Waals surface area contributed by atoms with Crippen LogP contribution in [0.2, 0.25) is 0 Å². The van der Waals surface area contributed by atoms with Gasteiger partial charge in [0.15, 0.2) is 0 Å². The zero-order valence-electron chi connectivity index (χ0n) is 32.3. The SMILES string of the molecule is O=C1c2ccc3c4ccc5c6c(ccc(c7ccc(c2c37)C(=O)N1CCOCCOCCOCCS(=O)(=O)O)c64)C(=O)N(CCOCCOCCOCCS(=O)(=O)O)C5=O. The van der Waals surface area contributed by atoms with Gasteiger partial charge in [0.1, 0.15) is 0 Å². The summed E-state index contributed by atoms with van der Waals surface area (Å²) in [6.07, 6.45) is 0. The summed E-state index contributed by atoms with van der Waals surface area (Å²) < 4.78 is 92.4. The minimum absolute atomic E-state index is 0.00974. The second-order valence-corrected chi connectivity index (χ2v) is 17.1. The highest BCUT2D eigenvalue weighted by atomic mass is 32.2. The number of carbonyl (C=O) groups is 4. The topological polar surface area (TPSA) is 239 Å². The summed E-state index contributed by atoms with van der Waals surface area (Å²) >= 11 is 0. The van der Waals surface area contributed by atoms with Gasteiger partial charge >= 0.3 is 0 Å². The lowest BCUT2D eigenvalue weighted by Gasteiger charge is -2.30. The molecule has 60 heavy (non-hydrogen) atoms. The van der Waals surface area contributed by atoms with E-state index in [1.165, 1.54) is 0 Å². The molecule has 0 spiro atoms. The molecule has 0 bridgehead atoms. The van der Waals surface area contributed by atoms with Gasteiger partial charge < -0.3 is 28.4 Å². The number of hydrogen-bond acceptors (Lipinski definition) is 14. The number of rotatable bonds is 24. The Morgan fingerprint density at radius 3 is 0.883 bits per heavy atom. The molecule has 7 rings (SSSR count). The average molecular weight is 871 g/mol. The molecule has 0 saturated carbocycles. The molecule has 20 heteroatoms. The van der Waals surface area contributed by atoms with E-state index in [0.717, 1.165) is 42.1 Å². The Kier molecular flexibility index (Phi) is 13.4. The third-order valence-electron chi connectivity index (χ3n) is 10.2. The molecular weight excluding hydrogens is 829 g/mol. The minimum atomic E-state index is -4.09. The first kappa shape index (κ1) is 43.4. The molecule has 0 saturated heterocycles. The number of ether oxygens (including phenoxy) is 6. The number of hydrogen-bond donors (Lipinski definition) is 2. The molecular formula is C40H42N2O16S2. The second kappa shape index (κ2) is 18.5. The standard InChI is InChI=1S/C40H42N2O16S2/c43-37-29-5-1-25-26-2-6-31-36-32(40(46)42(39(31)45)10-12-54-14-16-56-18-20-58-22-24-60(50,51)52)8-4-28(34(26)36)27-3-7-30(35(29)33(25)27)38(44)41(37)9-11-53-13-15-55-17-19-57-21-23-59(47,48)49/h1-8H,9-24H2,(H,47,48,49)(H,50,51,52). The molecule has 0 atom stereocenters. The third kappa shape index (κ3) is 9.27. The summed E-state index contributed by atoms with van der Waals surface area (Å²) in [5.41, 5.74) is 1.48. The maximum Gasteiger partial charge on any atom is 0.267 e. The van der Waals surface area contributed by atoms with E-state index in [4.69, 9.17) is 37.5 Å². The Bertz CT molecular complexity index is 2380. The van der Waals surface area contributed by atoms with E-state index < -0.39 is 55.4 Å². The number of fused-ring (bicyclic) bond motifs is 2. The summed E-state index contributed by atoms with van der Waals surface area (Å²) in [5.74, 6) is -2.83. The largest absolute Gasteiger partial charge is 0.378 e. The smallest absolute Gasteiger partial charge is 0.267 e. The van der Waals surface area contributed by atoms with Crippen molar-refractivity contribution in [2.45, 2.75) is 0 Å². The molecule has 2 heterocycles. The molecule has 2 N–H and O–H groups in total. The van der Waals surface area contributed by atoms with Gasteiger partial charge in [0.25, 0.3) is 43.9 Å². The molecule has 0 radical (unpaired) electrons. The average Bonchev–Trinajstić information content (AvgIpc) is 3.20. The van der Waals surface area contributed by atoms with Gasteiger partial charge in [0.2, 0.25) is 0 Å². The zero-order valence-corrected chi connectivity index (χ0v) is 33.9. The van der Waals surface area contributed by atoms with Gasteiger partial charge in [-0.1, -0.05) is 24.3 Å². The molecule has 4 amide bonds. The summed E-state index contributed by atoms with van der Waals surface area (Å²) in [5, 5.41) is 5.62. The molecule has 18 nitrogen and oxygen atoms in total. The van der Waals surface area contributed by atoms with E-state index >= 15 is 0 Å². The van der Waals surface area contributed by atoms with Crippen molar-refractivity contribution < 1.29 is 73.5 Å².